The molecule has 1 atom stereocenters. The summed E-state index contributed by atoms with van der Waals surface area (Å²) in [5, 5.41) is 4.21. The van der Waals surface area contributed by atoms with E-state index < -0.39 is 0 Å². The lowest BCUT2D eigenvalue weighted by atomic mass is 10.0. The lowest BCUT2D eigenvalue weighted by molar-refractivity contribution is 0.0791. The van der Waals surface area contributed by atoms with E-state index in [4.69, 9.17) is 5.73 Å². The van der Waals surface area contributed by atoms with Crippen LogP contribution in [0.15, 0.2) is 36.7 Å². The summed E-state index contributed by atoms with van der Waals surface area (Å²) in [7, 11) is 1.92. The molecule has 1 aliphatic heterocycles. The maximum Gasteiger partial charge on any atom is 0.253 e. The average Bonchev–Trinajstić information content (AvgIpc) is 3.15. The minimum Gasteiger partial charge on any atom is -0.338 e. The maximum absolute atomic E-state index is 12.5. The second kappa shape index (κ2) is 6.94. The van der Waals surface area contributed by atoms with Gasteiger partial charge in [0, 0.05) is 44.4 Å². The predicted octanol–water partition coefficient (Wildman–Crippen LogP) is 1.93. The molecule has 0 radical (unpaired) electrons. The first-order valence-electron chi connectivity index (χ1n) is 7.24. The summed E-state index contributed by atoms with van der Waals surface area (Å²) in [6, 6.07) is 7.56. The van der Waals surface area contributed by atoms with Gasteiger partial charge in [-0.25, -0.2) is 0 Å². The molecule has 1 amide bonds. The van der Waals surface area contributed by atoms with E-state index in [9.17, 15) is 4.79 Å². The third-order valence-electron chi connectivity index (χ3n) is 4.11. The zero-order valence-electron chi connectivity index (χ0n) is 12.6. The van der Waals surface area contributed by atoms with Crippen molar-refractivity contribution in [1.29, 1.82) is 0 Å². The molecule has 1 aromatic carbocycles. The normalized spacial score (nSPS) is 17.4. The van der Waals surface area contributed by atoms with Crippen LogP contribution in [-0.2, 0) is 13.6 Å². The number of aryl methyl sites for hydroxylation is 1. The Bertz CT molecular complexity index is 638. The molecule has 0 bridgehead atoms. The maximum atomic E-state index is 12.5. The van der Waals surface area contributed by atoms with Crippen molar-refractivity contribution in [3.63, 3.8) is 0 Å². The van der Waals surface area contributed by atoms with Crippen molar-refractivity contribution in [1.82, 2.24) is 14.7 Å². The zero-order valence-corrected chi connectivity index (χ0v) is 13.4. The Labute approximate surface area is 136 Å². The van der Waals surface area contributed by atoms with Gasteiger partial charge in [-0.15, -0.1) is 12.4 Å². The van der Waals surface area contributed by atoms with Gasteiger partial charge in [-0.2, -0.15) is 5.10 Å². The lowest BCUT2D eigenvalue weighted by Crippen LogP contribution is -2.28. The highest BCUT2D eigenvalue weighted by atomic mass is 35.5. The monoisotopic (exact) mass is 320 g/mol. The summed E-state index contributed by atoms with van der Waals surface area (Å²) in [5.74, 6) is 0.496. The molecule has 1 saturated heterocycles. The number of carbonyl (C=O) groups excluding carboxylic acids is 1. The fourth-order valence-corrected chi connectivity index (χ4v) is 2.83. The van der Waals surface area contributed by atoms with Crippen LogP contribution >= 0.6 is 12.4 Å². The highest BCUT2D eigenvalue weighted by Crippen LogP contribution is 2.27. The summed E-state index contributed by atoms with van der Waals surface area (Å²) in [5.41, 5.74) is 8.57. The van der Waals surface area contributed by atoms with Crippen molar-refractivity contribution < 1.29 is 4.79 Å². The Balaban J connectivity index is 0.00000176. The number of rotatable bonds is 3. The SMILES string of the molecule is Cl.Cn1cc(C2CCN(C(=O)c3ccc(CN)cc3)C2)cn1. The molecular weight excluding hydrogens is 300 g/mol. The molecule has 0 saturated carbocycles. The number of benzene rings is 1. The van der Waals surface area contributed by atoms with Crippen LogP contribution in [0.4, 0.5) is 0 Å². The second-order valence-corrected chi connectivity index (χ2v) is 5.59. The standard InChI is InChI=1S/C16H20N4O.ClH/c1-19-10-15(9-18-19)14-6-7-20(11-14)16(21)13-4-2-12(8-17)3-5-13;/h2-5,9-10,14H,6-8,11,17H2,1H3;1H. The van der Waals surface area contributed by atoms with Crippen LogP contribution in [0.1, 0.15) is 33.8 Å². The zero-order chi connectivity index (χ0) is 14.8. The molecule has 1 aromatic heterocycles. The van der Waals surface area contributed by atoms with Gasteiger partial charge in [-0.1, -0.05) is 12.1 Å². The van der Waals surface area contributed by atoms with Gasteiger partial charge in [-0.3, -0.25) is 9.48 Å². The Morgan fingerprint density at radius 2 is 2.09 bits per heavy atom. The smallest absolute Gasteiger partial charge is 0.253 e. The molecule has 2 N–H and O–H groups in total. The molecule has 0 spiro atoms. The third kappa shape index (κ3) is 3.31. The second-order valence-electron chi connectivity index (χ2n) is 5.59. The number of carbonyl (C=O) groups is 1. The lowest BCUT2D eigenvalue weighted by Gasteiger charge is -2.16. The van der Waals surface area contributed by atoms with E-state index in [1.807, 2.05) is 53.3 Å². The minimum atomic E-state index is 0. The predicted molar refractivity (Wildman–Crippen MR) is 88.1 cm³/mol. The van der Waals surface area contributed by atoms with E-state index in [1.165, 1.54) is 5.56 Å². The van der Waals surface area contributed by atoms with Crippen LogP contribution in [0.25, 0.3) is 0 Å². The Hall–Kier alpha value is -1.85. The quantitative estimate of drug-likeness (QED) is 0.940. The molecule has 1 aliphatic rings. The molecule has 6 heteroatoms. The largest absolute Gasteiger partial charge is 0.338 e. The van der Waals surface area contributed by atoms with Crippen molar-refractivity contribution in [3.05, 3.63) is 53.3 Å². The van der Waals surface area contributed by atoms with Gasteiger partial charge < -0.3 is 10.6 Å². The van der Waals surface area contributed by atoms with Crippen molar-refractivity contribution in [3.8, 4) is 0 Å². The van der Waals surface area contributed by atoms with Crippen LogP contribution in [0.3, 0.4) is 0 Å². The van der Waals surface area contributed by atoms with E-state index in [-0.39, 0.29) is 18.3 Å². The van der Waals surface area contributed by atoms with Crippen LogP contribution in [0.5, 0.6) is 0 Å². The van der Waals surface area contributed by atoms with Crippen LogP contribution in [0, 0.1) is 0 Å². The van der Waals surface area contributed by atoms with E-state index in [2.05, 4.69) is 5.10 Å². The molecule has 118 valence electrons. The van der Waals surface area contributed by atoms with Crippen molar-refractivity contribution >= 4 is 18.3 Å². The molecule has 2 aromatic rings. The van der Waals surface area contributed by atoms with Crippen LogP contribution in [0.2, 0.25) is 0 Å². The van der Waals surface area contributed by atoms with Crippen LogP contribution < -0.4 is 5.73 Å². The first kappa shape index (κ1) is 16.5. The Morgan fingerprint density at radius 3 is 2.68 bits per heavy atom. The third-order valence-corrected chi connectivity index (χ3v) is 4.11. The number of aromatic nitrogens is 2. The van der Waals surface area contributed by atoms with Crippen molar-refractivity contribution in [2.45, 2.75) is 18.9 Å². The van der Waals surface area contributed by atoms with E-state index in [0.717, 1.165) is 30.6 Å². The van der Waals surface area contributed by atoms with Gasteiger partial charge in [0.15, 0.2) is 0 Å². The van der Waals surface area contributed by atoms with Gasteiger partial charge in [0.1, 0.15) is 0 Å². The number of halogens is 1. The molecule has 5 nitrogen and oxygen atoms in total. The summed E-state index contributed by atoms with van der Waals surface area (Å²) in [4.78, 5) is 14.4. The summed E-state index contributed by atoms with van der Waals surface area (Å²) < 4.78 is 1.81. The number of nitrogens with zero attached hydrogens (tertiary/aromatic N) is 3. The molecule has 1 unspecified atom stereocenters. The summed E-state index contributed by atoms with van der Waals surface area (Å²) in [6.07, 6.45) is 4.93. The van der Waals surface area contributed by atoms with Gasteiger partial charge >= 0.3 is 0 Å². The molecule has 3 rings (SSSR count). The van der Waals surface area contributed by atoms with Gasteiger partial charge in [0.05, 0.1) is 6.20 Å². The fourth-order valence-electron chi connectivity index (χ4n) is 2.83. The first-order chi connectivity index (χ1) is 10.2. The average molecular weight is 321 g/mol. The van der Waals surface area contributed by atoms with Crippen molar-refractivity contribution in [2.75, 3.05) is 13.1 Å². The highest BCUT2D eigenvalue weighted by Gasteiger charge is 2.28. The number of amides is 1. The Kier molecular flexibility index (Phi) is 5.21. The van der Waals surface area contributed by atoms with Gasteiger partial charge in [0.25, 0.3) is 5.91 Å². The highest BCUT2D eigenvalue weighted by molar-refractivity contribution is 5.94. The number of hydrogen-bond donors (Lipinski definition) is 1. The van der Waals surface area contributed by atoms with E-state index >= 15 is 0 Å². The number of hydrogen-bond acceptors (Lipinski definition) is 3. The van der Waals surface area contributed by atoms with Gasteiger partial charge in [-0.05, 0) is 29.7 Å². The molecular formula is C16H21ClN4O. The Morgan fingerprint density at radius 1 is 1.36 bits per heavy atom. The molecule has 22 heavy (non-hydrogen) atoms. The summed E-state index contributed by atoms with van der Waals surface area (Å²) >= 11 is 0. The van der Waals surface area contributed by atoms with E-state index in [0.29, 0.717) is 12.5 Å². The topological polar surface area (TPSA) is 64.2 Å². The minimum absolute atomic E-state index is 0. The molecule has 2 heterocycles. The summed E-state index contributed by atoms with van der Waals surface area (Å²) in [6.45, 7) is 2.07. The van der Waals surface area contributed by atoms with E-state index in [1.54, 1.807) is 0 Å². The van der Waals surface area contributed by atoms with Crippen LogP contribution in [-0.4, -0.2) is 33.7 Å². The number of likely N-dealkylation sites (tertiary alicyclic amines) is 1. The molecule has 0 aliphatic carbocycles. The number of nitrogens with two attached hydrogens (primary N) is 1. The molecule has 1 fully saturated rings. The fraction of sp³-hybridized carbons (Fsp3) is 0.375. The van der Waals surface area contributed by atoms with Gasteiger partial charge in [0.2, 0.25) is 0 Å². The van der Waals surface area contributed by atoms with Crippen molar-refractivity contribution in [2.24, 2.45) is 12.8 Å². The first-order valence-corrected chi connectivity index (χ1v) is 7.24.